The van der Waals surface area contributed by atoms with E-state index in [9.17, 15) is 13.2 Å². The summed E-state index contributed by atoms with van der Waals surface area (Å²) in [6.07, 6.45) is 0.373. The van der Waals surface area contributed by atoms with Crippen molar-refractivity contribution >= 4 is 23.2 Å². The molecule has 1 aromatic carbocycles. The van der Waals surface area contributed by atoms with Gasteiger partial charge in [-0.2, -0.15) is 18.2 Å². The summed E-state index contributed by atoms with van der Waals surface area (Å²) in [4.78, 5) is 8.31. The quantitative estimate of drug-likeness (QED) is 0.396. The molecule has 2 heterocycles. The first-order valence-electron chi connectivity index (χ1n) is 11.6. The molecule has 2 aromatic heterocycles. The Kier molecular flexibility index (Phi) is 7.85. The molecule has 0 bridgehead atoms. The van der Waals surface area contributed by atoms with E-state index in [1.165, 1.54) is 6.08 Å². The second kappa shape index (κ2) is 10.3. The van der Waals surface area contributed by atoms with Gasteiger partial charge in [-0.3, -0.25) is 0 Å². The molecular formula is C25H34F3N5O. The fourth-order valence-corrected chi connectivity index (χ4v) is 4.19. The highest BCUT2D eigenvalue weighted by molar-refractivity contribution is 5.81. The largest absolute Gasteiger partial charge is 0.471 e. The Labute approximate surface area is 198 Å². The standard InChI is InChI=1S/C25H34F3N5O/c1-16(2)29-11-12-33-20-9-7-18(8-10-21-31-23(34-32-21)25(26,27)28)14-19(20)30-22(33)13-17(3)15-24(4,5)6/h7-10,14,16-17,29H,11-13,15H2,1-6H3/b10-8+. The molecule has 1 N–H and O–H groups in total. The smallest absolute Gasteiger partial charge is 0.329 e. The van der Waals surface area contributed by atoms with E-state index in [4.69, 9.17) is 4.98 Å². The number of imidazole rings is 1. The molecule has 0 saturated carbocycles. The van der Waals surface area contributed by atoms with E-state index in [1.807, 2.05) is 18.2 Å². The van der Waals surface area contributed by atoms with Crippen LogP contribution in [-0.4, -0.2) is 32.3 Å². The van der Waals surface area contributed by atoms with Crippen LogP contribution in [0.1, 0.15) is 71.1 Å². The molecule has 0 aliphatic rings. The summed E-state index contributed by atoms with van der Waals surface area (Å²) in [6.45, 7) is 14.9. The van der Waals surface area contributed by atoms with Gasteiger partial charge in [-0.05, 0) is 41.5 Å². The average Bonchev–Trinajstić information content (AvgIpc) is 3.29. The van der Waals surface area contributed by atoms with Crippen LogP contribution in [0.15, 0.2) is 22.7 Å². The van der Waals surface area contributed by atoms with Crippen molar-refractivity contribution in [3.8, 4) is 0 Å². The van der Waals surface area contributed by atoms with Crippen LogP contribution in [0.5, 0.6) is 0 Å². The highest BCUT2D eigenvalue weighted by atomic mass is 19.4. The van der Waals surface area contributed by atoms with Gasteiger partial charge in [0.25, 0.3) is 0 Å². The third-order valence-electron chi connectivity index (χ3n) is 5.34. The van der Waals surface area contributed by atoms with Gasteiger partial charge >= 0.3 is 12.1 Å². The number of halogens is 3. The molecule has 0 radical (unpaired) electrons. The van der Waals surface area contributed by atoms with E-state index in [1.54, 1.807) is 6.08 Å². The summed E-state index contributed by atoms with van der Waals surface area (Å²) in [5.74, 6) is 0.0419. The number of alkyl halides is 3. The van der Waals surface area contributed by atoms with Crippen LogP contribution in [0.3, 0.4) is 0 Å². The summed E-state index contributed by atoms with van der Waals surface area (Å²) >= 11 is 0. The number of nitrogens with zero attached hydrogens (tertiary/aromatic N) is 4. The predicted molar refractivity (Wildman–Crippen MR) is 128 cm³/mol. The number of fused-ring (bicyclic) bond motifs is 1. The van der Waals surface area contributed by atoms with Crippen molar-refractivity contribution in [1.29, 1.82) is 0 Å². The lowest BCUT2D eigenvalue weighted by Gasteiger charge is -2.23. The van der Waals surface area contributed by atoms with E-state index >= 15 is 0 Å². The number of hydrogen-bond acceptors (Lipinski definition) is 5. The van der Waals surface area contributed by atoms with Gasteiger partial charge in [-0.25, -0.2) is 4.98 Å². The van der Waals surface area contributed by atoms with Gasteiger partial charge in [-0.1, -0.05) is 58.8 Å². The molecule has 186 valence electrons. The monoisotopic (exact) mass is 477 g/mol. The summed E-state index contributed by atoms with van der Waals surface area (Å²) in [5.41, 5.74) is 2.94. The Morgan fingerprint density at radius 1 is 1.09 bits per heavy atom. The fraction of sp³-hybridized carbons (Fsp3) is 0.560. The lowest BCUT2D eigenvalue weighted by Crippen LogP contribution is -2.27. The minimum atomic E-state index is -4.66. The first-order chi connectivity index (χ1) is 15.8. The predicted octanol–water partition coefficient (Wildman–Crippen LogP) is 6.22. The molecule has 6 nitrogen and oxygen atoms in total. The Morgan fingerprint density at radius 3 is 2.44 bits per heavy atom. The van der Waals surface area contributed by atoms with Crippen LogP contribution in [-0.2, 0) is 19.1 Å². The van der Waals surface area contributed by atoms with E-state index in [0.29, 0.717) is 12.0 Å². The zero-order valence-electron chi connectivity index (χ0n) is 20.7. The van der Waals surface area contributed by atoms with Crippen molar-refractivity contribution in [2.45, 2.75) is 73.1 Å². The number of rotatable bonds is 9. The van der Waals surface area contributed by atoms with Gasteiger partial charge < -0.3 is 14.4 Å². The maximum Gasteiger partial charge on any atom is 0.471 e. The van der Waals surface area contributed by atoms with Gasteiger partial charge in [0.05, 0.1) is 11.0 Å². The van der Waals surface area contributed by atoms with Crippen molar-refractivity contribution < 1.29 is 17.7 Å². The normalized spacial score (nSPS) is 14.1. The zero-order valence-corrected chi connectivity index (χ0v) is 20.7. The lowest BCUT2D eigenvalue weighted by atomic mass is 9.84. The van der Waals surface area contributed by atoms with Crippen molar-refractivity contribution in [3.63, 3.8) is 0 Å². The zero-order chi connectivity index (χ0) is 25.1. The Balaban J connectivity index is 1.86. The Hall–Kier alpha value is -2.68. The third kappa shape index (κ3) is 7.16. The third-order valence-corrected chi connectivity index (χ3v) is 5.34. The van der Waals surface area contributed by atoms with E-state index in [-0.39, 0.29) is 11.2 Å². The maximum absolute atomic E-state index is 12.7. The molecule has 34 heavy (non-hydrogen) atoms. The van der Waals surface area contributed by atoms with Crippen LogP contribution in [0.25, 0.3) is 23.2 Å². The number of benzene rings is 1. The second-order valence-corrected chi connectivity index (χ2v) is 10.4. The summed E-state index contributed by atoms with van der Waals surface area (Å²) < 4.78 is 44.5. The van der Waals surface area contributed by atoms with Crippen LogP contribution >= 0.6 is 0 Å². The minimum Gasteiger partial charge on any atom is -0.329 e. The summed E-state index contributed by atoms with van der Waals surface area (Å²) in [5, 5.41) is 6.84. The Morgan fingerprint density at radius 2 is 1.82 bits per heavy atom. The first-order valence-corrected chi connectivity index (χ1v) is 11.6. The molecule has 0 saturated heterocycles. The number of hydrogen-bond donors (Lipinski definition) is 1. The van der Waals surface area contributed by atoms with Crippen molar-refractivity contribution in [3.05, 3.63) is 41.3 Å². The van der Waals surface area contributed by atoms with Gasteiger partial charge in [0.2, 0.25) is 0 Å². The van der Waals surface area contributed by atoms with Crippen LogP contribution < -0.4 is 5.32 Å². The molecule has 9 heteroatoms. The van der Waals surface area contributed by atoms with E-state index in [2.05, 4.69) is 66.1 Å². The number of nitrogens with one attached hydrogen (secondary N) is 1. The SMILES string of the molecule is CC(Cc1nc2cc(/C=C/c3noc(C(F)(F)F)n3)ccc2n1CCNC(C)C)CC(C)(C)C. The molecule has 0 aliphatic carbocycles. The topological polar surface area (TPSA) is 68.8 Å². The maximum atomic E-state index is 12.7. The van der Waals surface area contributed by atoms with Crippen molar-refractivity contribution in [2.24, 2.45) is 11.3 Å². The second-order valence-electron chi connectivity index (χ2n) is 10.4. The molecule has 3 rings (SSSR count). The fourth-order valence-electron chi connectivity index (χ4n) is 4.19. The van der Waals surface area contributed by atoms with Gasteiger partial charge in [0.15, 0.2) is 5.82 Å². The van der Waals surface area contributed by atoms with Crippen LogP contribution in [0.2, 0.25) is 0 Å². The summed E-state index contributed by atoms with van der Waals surface area (Å²) in [7, 11) is 0. The molecule has 1 unspecified atom stereocenters. The highest BCUT2D eigenvalue weighted by Gasteiger charge is 2.38. The molecule has 0 fully saturated rings. The molecule has 1 atom stereocenters. The van der Waals surface area contributed by atoms with Crippen molar-refractivity contribution in [2.75, 3.05) is 6.54 Å². The summed E-state index contributed by atoms with van der Waals surface area (Å²) in [6, 6.07) is 6.26. The number of aromatic nitrogens is 4. The van der Waals surface area contributed by atoms with Crippen LogP contribution in [0, 0.1) is 11.3 Å². The molecular weight excluding hydrogens is 443 g/mol. The van der Waals surface area contributed by atoms with E-state index in [0.717, 1.165) is 48.4 Å². The van der Waals surface area contributed by atoms with Gasteiger partial charge in [-0.15, -0.1) is 0 Å². The molecule has 0 aliphatic heterocycles. The molecule has 0 spiro atoms. The average molecular weight is 478 g/mol. The highest BCUT2D eigenvalue weighted by Crippen LogP contribution is 2.29. The Bertz CT molecular complexity index is 1120. The minimum absolute atomic E-state index is 0.130. The molecule has 3 aromatic rings. The molecule has 0 amide bonds. The van der Waals surface area contributed by atoms with Crippen LogP contribution in [0.4, 0.5) is 13.2 Å². The van der Waals surface area contributed by atoms with Gasteiger partial charge in [0, 0.05) is 25.6 Å². The lowest BCUT2D eigenvalue weighted by molar-refractivity contribution is -0.159. The van der Waals surface area contributed by atoms with E-state index < -0.39 is 12.1 Å². The van der Waals surface area contributed by atoms with Gasteiger partial charge in [0.1, 0.15) is 5.82 Å². The van der Waals surface area contributed by atoms with Crippen molar-refractivity contribution in [1.82, 2.24) is 25.0 Å². The first kappa shape index (κ1) is 25.9.